The summed E-state index contributed by atoms with van der Waals surface area (Å²) in [5, 5.41) is 9.31. The van der Waals surface area contributed by atoms with E-state index in [2.05, 4.69) is 16.0 Å². The van der Waals surface area contributed by atoms with Crippen molar-refractivity contribution in [3.05, 3.63) is 66.0 Å². The lowest BCUT2D eigenvalue weighted by atomic mass is 10.0. The van der Waals surface area contributed by atoms with Crippen molar-refractivity contribution >= 4 is 0 Å². The van der Waals surface area contributed by atoms with Crippen LogP contribution in [0.25, 0.3) is 0 Å². The third-order valence-corrected chi connectivity index (χ3v) is 3.03. The standard InChI is InChI=1S/C16H17N3/c1-19(12-14-6-5-9-18-11-14)13-16(10-17)15-7-3-2-4-8-15/h2-9,11,16H,12-13H2,1H3. The van der Waals surface area contributed by atoms with E-state index in [1.54, 1.807) is 6.20 Å². The van der Waals surface area contributed by atoms with Crippen LogP contribution in [0.15, 0.2) is 54.9 Å². The summed E-state index contributed by atoms with van der Waals surface area (Å²) in [6.07, 6.45) is 3.63. The summed E-state index contributed by atoms with van der Waals surface area (Å²) < 4.78 is 0. The number of aromatic nitrogens is 1. The van der Waals surface area contributed by atoms with Gasteiger partial charge >= 0.3 is 0 Å². The first kappa shape index (κ1) is 13.3. The maximum absolute atomic E-state index is 9.31. The van der Waals surface area contributed by atoms with Crippen LogP contribution in [0.1, 0.15) is 17.0 Å². The molecule has 96 valence electrons. The van der Waals surface area contributed by atoms with Crippen LogP contribution in [0.3, 0.4) is 0 Å². The highest BCUT2D eigenvalue weighted by atomic mass is 15.1. The Morgan fingerprint density at radius 3 is 2.63 bits per heavy atom. The molecule has 0 bridgehead atoms. The molecule has 0 amide bonds. The Morgan fingerprint density at radius 1 is 1.21 bits per heavy atom. The molecule has 0 saturated carbocycles. The van der Waals surface area contributed by atoms with Crippen LogP contribution in [-0.2, 0) is 6.54 Å². The Balaban J connectivity index is 1.98. The maximum Gasteiger partial charge on any atom is 0.0839 e. The van der Waals surface area contributed by atoms with Crippen molar-refractivity contribution in [1.82, 2.24) is 9.88 Å². The first-order valence-corrected chi connectivity index (χ1v) is 6.31. The number of hydrogen-bond donors (Lipinski definition) is 0. The van der Waals surface area contributed by atoms with Gasteiger partial charge in [-0.2, -0.15) is 5.26 Å². The monoisotopic (exact) mass is 251 g/mol. The second kappa shape index (κ2) is 6.67. The number of pyridine rings is 1. The Hall–Kier alpha value is -2.18. The van der Waals surface area contributed by atoms with E-state index >= 15 is 0 Å². The van der Waals surface area contributed by atoms with E-state index in [9.17, 15) is 5.26 Å². The summed E-state index contributed by atoms with van der Waals surface area (Å²) in [6, 6.07) is 16.3. The molecule has 0 aliphatic rings. The van der Waals surface area contributed by atoms with Crippen LogP contribution in [-0.4, -0.2) is 23.5 Å². The van der Waals surface area contributed by atoms with E-state index in [0.717, 1.165) is 24.2 Å². The predicted molar refractivity (Wildman–Crippen MR) is 75.4 cm³/mol. The highest BCUT2D eigenvalue weighted by molar-refractivity contribution is 5.25. The van der Waals surface area contributed by atoms with Gasteiger partial charge in [-0.25, -0.2) is 0 Å². The van der Waals surface area contributed by atoms with E-state index in [4.69, 9.17) is 0 Å². The lowest BCUT2D eigenvalue weighted by molar-refractivity contribution is 0.320. The van der Waals surface area contributed by atoms with Crippen molar-refractivity contribution in [3.8, 4) is 6.07 Å². The Kier molecular flexibility index (Phi) is 4.66. The molecule has 0 saturated heterocycles. The Labute approximate surface area is 114 Å². The molecule has 3 nitrogen and oxygen atoms in total. The molecule has 0 spiro atoms. The molecule has 1 atom stereocenters. The van der Waals surface area contributed by atoms with E-state index in [1.807, 2.05) is 55.7 Å². The molecule has 2 rings (SSSR count). The Morgan fingerprint density at radius 2 is 2.00 bits per heavy atom. The van der Waals surface area contributed by atoms with Gasteiger partial charge in [0.15, 0.2) is 0 Å². The summed E-state index contributed by atoms with van der Waals surface area (Å²) in [6.45, 7) is 1.52. The smallest absolute Gasteiger partial charge is 0.0839 e. The van der Waals surface area contributed by atoms with Gasteiger partial charge in [0.2, 0.25) is 0 Å². The van der Waals surface area contributed by atoms with Crippen molar-refractivity contribution in [2.75, 3.05) is 13.6 Å². The number of nitrogens with zero attached hydrogens (tertiary/aromatic N) is 3. The number of benzene rings is 1. The van der Waals surface area contributed by atoms with Crippen molar-refractivity contribution < 1.29 is 0 Å². The van der Waals surface area contributed by atoms with Gasteiger partial charge in [0.05, 0.1) is 12.0 Å². The summed E-state index contributed by atoms with van der Waals surface area (Å²) in [5.74, 6) is -0.0946. The molecule has 0 aliphatic carbocycles. The highest BCUT2D eigenvalue weighted by Crippen LogP contribution is 2.16. The molecule has 1 heterocycles. The summed E-state index contributed by atoms with van der Waals surface area (Å²) in [4.78, 5) is 6.25. The minimum atomic E-state index is -0.0946. The number of hydrogen-bond acceptors (Lipinski definition) is 3. The second-order valence-electron chi connectivity index (χ2n) is 4.65. The zero-order valence-corrected chi connectivity index (χ0v) is 11.0. The first-order chi connectivity index (χ1) is 9.29. The predicted octanol–water partition coefficient (Wildman–Crippen LogP) is 2.82. The number of nitriles is 1. The fraction of sp³-hybridized carbons (Fsp3) is 0.250. The van der Waals surface area contributed by atoms with Crippen LogP contribution in [0.2, 0.25) is 0 Å². The van der Waals surface area contributed by atoms with E-state index in [0.29, 0.717) is 0 Å². The lowest BCUT2D eigenvalue weighted by Crippen LogP contribution is -2.23. The van der Waals surface area contributed by atoms with Gasteiger partial charge in [0.1, 0.15) is 0 Å². The summed E-state index contributed by atoms with van der Waals surface area (Å²) >= 11 is 0. The van der Waals surface area contributed by atoms with E-state index < -0.39 is 0 Å². The number of rotatable bonds is 5. The maximum atomic E-state index is 9.31. The van der Waals surface area contributed by atoms with Crippen molar-refractivity contribution in [3.63, 3.8) is 0 Å². The zero-order chi connectivity index (χ0) is 13.5. The minimum absolute atomic E-state index is 0.0946. The van der Waals surface area contributed by atoms with Gasteiger partial charge < -0.3 is 4.90 Å². The highest BCUT2D eigenvalue weighted by Gasteiger charge is 2.13. The number of likely N-dealkylation sites (N-methyl/N-ethyl adjacent to an activating group) is 1. The van der Waals surface area contributed by atoms with Crippen molar-refractivity contribution in [2.24, 2.45) is 0 Å². The normalized spacial score (nSPS) is 12.1. The topological polar surface area (TPSA) is 39.9 Å². The van der Waals surface area contributed by atoms with Crippen LogP contribution in [0.4, 0.5) is 0 Å². The van der Waals surface area contributed by atoms with Gasteiger partial charge in [-0.05, 0) is 24.2 Å². The zero-order valence-electron chi connectivity index (χ0n) is 11.0. The molecule has 19 heavy (non-hydrogen) atoms. The third-order valence-electron chi connectivity index (χ3n) is 3.03. The molecule has 0 N–H and O–H groups in total. The van der Waals surface area contributed by atoms with Gasteiger partial charge in [-0.3, -0.25) is 4.98 Å². The van der Waals surface area contributed by atoms with Crippen molar-refractivity contribution in [2.45, 2.75) is 12.5 Å². The molecule has 0 radical (unpaired) electrons. The van der Waals surface area contributed by atoms with Crippen LogP contribution < -0.4 is 0 Å². The van der Waals surface area contributed by atoms with Crippen LogP contribution >= 0.6 is 0 Å². The third kappa shape index (κ3) is 3.90. The first-order valence-electron chi connectivity index (χ1n) is 6.31. The van der Waals surface area contributed by atoms with Gasteiger partial charge in [-0.15, -0.1) is 0 Å². The largest absolute Gasteiger partial charge is 0.300 e. The second-order valence-corrected chi connectivity index (χ2v) is 4.65. The fourth-order valence-corrected chi connectivity index (χ4v) is 2.09. The fourth-order valence-electron chi connectivity index (χ4n) is 2.09. The molecule has 1 aromatic heterocycles. The molecule has 0 fully saturated rings. The van der Waals surface area contributed by atoms with Gasteiger partial charge in [-0.1, -0.05) is 36.4 Å². The Bertz CT molecular complexity index is 531. The van der Waals surface area contributed by atoms with Gasteiger partial charge in [0, 0.05) is 25.5 Å². The average Bonchev–Trinajstić information content (AvgIpc) is 2.47. The molecular formula is C16H17N3. The molecule has 1 unspecified atom stereocenters. The van der Waals surface area contributed by atoms with Crippen LogP contribution in [0, 0.1) is 11.3 Å². The van der Waals surface area contributed by atoms with Gasteiger partial charge in [0.25, 0.3) is 0 Å². The van der Waals surface area contributed by atoms with E-state index in [1.165, 1.54) is 0 Å². The lowest BCUT2D eigenvalue weighted by Gasteiger charge is -2.20. The van der Waals surface area contributed by atoms with Crippen molar-refractivity contribution in [1.29, 1.82) is 5.26 Å². The molecule has 1 aromatic carbocycles. The summed E-state index contributed by atoms with van der Waals surface area (Å²) in [5.41, 5.74) is 2.23. The average molecular weight is 251 g/mol. The van der Waals surface area contributed by atoms with E-state index in [-0.39, 0.29) is 5.92 Å². The minimum Gasteiger partial charge on any atom is -0.300 e. The molecule has 0 aliphatic heterocycles. The molecular weight excluding hydrogens is 234 g/mol. The molecule has 2 aromatic rings. The SMILES string of the molecule is CN(Cc1cccnc1)CC(C#N)c1ccccc1. The summed E-state index contributed by atoms with van der Waals surface area (Å²) in [7, 11) is 2.03. The molecule has 3 heteroatoms. The quantitative estimate of drug-likeness (QED) is 0.820. The van der Waals surface area contributed by atoms with Crippen LogP contribution in [0.5, 0.6) is 0 Å².